The van der Waals surface area contributed by atoms with E-state index in [1.165, 1.54) is 10.9 Å². The van der Waals surface area contributed by atoms with E-state index in [4.69, 9.17) is 4.99 Å². The molecule has 0 aliphatic rings. The quantitative estimate of drug-likeness (QED) is 0.149. The molecule has 3 heterocycles. The zero-order valence-electron chi connectivity index (χ0n) is 17.9. The summed E-state index contributed by atoms with van der Waals surface area (Å²) in [6.07, 6.45) is 7.01. The van der Waals surface area contributed by atoms with Crippen molar-refractivity contribution in [2.45, 2.75) is 32.7 Å². The SMILES string of the molecule is CCNC(=NCCCn1ccc2ccccc21)NCCCc1nnc2ccccn12.I. The molecular weight excluding hydrogens is 501 g/mol. The van der Waals surface area contributed by atoms with E-state index in [9.17, 15) is 0 Å². The molecule has 4 rings (SSSR count). The van der Waals surface area contributed by atoms with E-state index in [-0.39, 0.29) is 24.0 Å². The molecule has 0 amide bonds. The van der Waals surface area contributed by atoms with Crippen LogP contribution in [0.2, 0.25) is 0 Å². The van der Waals surface area contributed by atoms with Crippen molar-refractivity contribution in [2.24, 2.45) is 4.99 Å². The van der Waals surface area contributed by atoms with Gasteiger partial charge in [-0.2, -0.15) is 0 Å². The molecule has 4 aromatic rings. The van der Waals surface area contributed by atoms with Crippen molar-refractivity contribution < 1.29 is 0 Å². The molecule has 0 radical (unpaired) electrons. The van der Waals surface area contributed by atoms with Gasteiger partial charge in [0.25, 0.3) is 0 Å². The van der Waals surface area contributed by atoms with Crippen molar-refractivity contribution >= 4 is 46.5 Å². The summed E-state index contributed by atoms with van der Waals surface area (Å²) < 4.78 is 4.35. The fraction of sp³-hybridized carbons (Fsp3) is 0.348. The predicted molar refractivity (Wildman–Crippen MR) is 137 cm³/mol. The van der Waals surface area contributed by atoms with Gasteiger partial charge in [-0.05, 0) is 49.4 Å². The van der Waals surface area contributed by atoms with Gasteiger partial charge in [0.05, 0.1) is 0 Å². The van der Waals surface area contributed by atoms with Crippen molar-refractivity contribution in [1.82, 2.24) is 29.8 Å². The molecule has 1 aromatic carbocycles. The molecule has 0 aliphatic heterocycles. The van der Waals surface area contributed by atoms with Gasteiger partial charge in [0.1, 0.15) is 5.82 Å². The Morgan fingerprint density at radius 2 is 1.84 bits per heavy atom. The Morgan fingerprint density at radius 1 is 0.968 bits per heavy atom. The second-order valence-corrected chi connectivity index (χ2v) is 7.26. The average Bonchev–Trinajstić information content (AvgIpc) is 3.38. The maximum absolute atomic E-state index is 4.73. The minimum atomic E-state index is 0. The molecule has 0 atom stereocenters. The van der Waals surface area contributed by atoms with Crippen molar-refractivity contribution in [1.29, 1.82) is 0 Å². The standard InChI is InChI=1S/C23H29N7.HI/c1-2-24-23(25-14-7-12-22-28-27-21-11-5-6-17-30(21)22)26-15-8-16-29-18-13-19-9-3-4-10-20(19)29;/h3-6,9-11,13,17-18H,2,7-8,12,14-16H2,1H3,(H2,24,25,26);1H. The number of rotatable bonds is 9. The van der Waals surface area contributed by atoms with Crippen molar-refractivity contribution in [3.8, 4) is 0 Å². The number of aliphatic imine (C=N–C) groups is 1. The van der Waals surface area contributed by atoms with Crippen molar-refractivity contribution in [3.05, 3.63) is 66.7 Å². The summed E-state index contributed by atoms with van der Waals surface area (Å²) in [7, 11) is 0. The Hall–Kier alpha value is -2.62. The second-order valence-electron chi connectivity index (χ2n) is 7.26. The molecule has 2 N–H and O–H groups in total. The second kappa shape index (κ2) is 11.7. The summed E-state index contributed by atoms with van der Waals surface area (Å²) >= 11 is 0. The van der Waals surface area contributed by atoms with Crippen LogP contribution in [0.4, 0.5) is 0 Å². The zero-order chi connectivity index (χ0) is 20.6. The van der Waals surface area contributed by atoms with Crippen LogP contribution in [0.3, 0.4) is 0 Å². The van der Waals surface area contributed by atoms with Gasteiger partial charge in [-0.15, -0.1) is 34.2 Å². The van der Waals surface area contributed by atoms with Crippen molar-refractivity contribution in [2.75, 3.05) is 19.6 Å². The van der Waals surface area contributed by atoms with E-state index in [0.717, 1.165) is 62.9 Å². The van der Waals surface area contributed by atoms with Crippen LogP contribution in [-0.4, -0.2) is 44.8 Å². The topological polar surface area (TPSA) is 71.5 Å². The fourth-order valence-corrected chi connectivity index (χ4v) is 3.62. The van der Waals surface area contributed by atoms with E-state index in [0.29, 0.717) is 0 Å². The normalized spacial score (nSPS) is 11.6. The van der Waals surface area contributed by atoms with Gasteiger partial charge in [-0.25, -0.2) is 0 Å². The molecule has 0 fully saturated rings. The maximum Gasteiger partial charge on any atom is 0.191 e. The molecule has 0 unspecified atom stereocenters. The molecule has 0 spiro atoms. The lowest BCUT2D eigenvalue weighted by Crippen LogP contribution is -2.38. The number of hydrogen-bond acceptors (Lipinski definition) is 3. The Labute approximate surface area is 200 Å². The Morgan fingerprint density at radius 3 is 2.74 bits per heavy atom. The Bertz CT molecular complexity index is 1120. The number of nitrogens with zero attached hydrogens (tertiary/aromatic N) is 5. The van der Waals surface area contributed by atoms with Crippen LogP contribution in [0.1, 0.15) is 25.6 Å². The van der Waals surface area contributed by atoms with Crippen LogP contribution < -0.4 is 10.6 Å². The molecule has 8 heteroatoms. The molecule has 0 aliphatic carbocycles. The van der Waals surface area contributed by atoms with Gasteiger partial charge in [0.15, 0.2) is 11.6 Å². The number of para-hydroxylation sites is 1. The lowest BCUT2D eigenvalue weighted by atomic mass is 10.2. The number of aromatic nitrogens is 4. The third-order valence-electron chi connectivity index (χ3n) is 5.11. The first kappa shape index (κ1) is 23.1. The third-order valence-corrected chi connectivity index (χ3v) is 5.11. The van der Waals surface area contributed by atoms with E-state index < -0.39 is 0 Å². The molecule has 7 nitrogen and oxygen atoms in total. The molecular formula is C23H30IN7. The van der Waals surface area contributed by atoms with E-state index in [2.05, 4.69) is 68.9 Å². The van der Waals surface area contributed by atoms with Gasteiger partial charge in [0, 0.05) is 50.5 Å². The summed E-state index contributed by atoms with van der Waals surface area (Å²) in [6, 6.07) is 16.6. The monoisotopic (exact) mass is 531 g/mol. The lowest BCUT2D eigenvalue weighted by Gasteiger charge is -2.11. The highest BCUT2D eigenvalue weighted by Crippen LogP contribution is 2.15. The number of nitrogens with one attached hydrogen (secondary N) is 2. The Kier molecular flexibility index (Phi) is 8.69. The van der Waals surface area contributed by atoms with Gasteiger partial charge < -0.3 is 15.2 Å². The average molecular weight is 531 g/mol. The van der Waals surface area contributed by atoms with Crippen LogP contribution in [0.5, 0.6) is 0 Å². The molecule has 31 heavy (non-hydrogen) atoms. The number of benzene rings is 1. The number of fused-ring (bicyclic) bond motifs is 2. The van der Waals surface area contributed by atoms with Gasteiger partial charge in [-0.1, -0.05) is 24.3 Å². The number of pyridine rings is 1. The highest BCUT2D eigenvalue weighted by molar-refractivity contribution is 14.0. The molecule has 0 saturated carbocycles. The number of hydrogen-bond donors (Lipinski definition) is 2. The minimum absolute atomic E-state index is 0. The van der Waals surface area contributed by atoms with Gasteiger partial charge in [0.2, 0.25) is 0 Å². The predicted octanol–water partition coefficient (Wildman–Crippen LogP) is 3.88. The summed E-state index contributed by atoms with van der Waals surface area (Å²) in [6.45, 7) is 5.54. The highest BCUT2D eigenvalue weighted by Gasteiger charge is 2.04. The first-order chi connectivity index (χ1) is 14.8. The van der Waals surface area contributed by atoms with Crippen LogP contribution in [0.25, 0.3) is 16.6 Å². The van der Waals surface area contributed by atoms with Crippen molar-refractivity contribution in [3.63, 3.8) is 0 Å². The first-order valence-corrected chi connectivity index (χ1v) is 10.7. The summed E-state index contributed by atoms with van der Waals surface area (Å²) in [5.74, 6) is 1.87. The molecule has 0 saturated heterocycles. The fourth-order valence-electron chi connectivity index (χ4n) is 3.62. The number of aryl methyl sites for hydroxylation is 2. The van der Waals surface area contributed by atoms with Crippen LogP contribution in [0, 0.1) is 0 Å². The minimum Gasteiger partial charge on any atom is -0.357 e. The van der Waals surface area contributed by atoms with Crippen LogP contribution >= 0.6 is 24.0 Å². The van der Waals surface area contributed by atoms with E-state index >= 15 is 0 Å². The summed E-state index contributed by atoms with van der Waals surface area (Å²) in [5, 5.41) is 16.5. The lowest BCUT2D eigenvalue weighted by molar-refractivity contribution is 0.663. The highest BCUT2D eigenvalue weighted by atomic mass is 127. The zero-order valence-corrected chi connectivity index (χ0v) is 20.2. The maximum atomic E-state index is 4.73. The first-order valence-electron chi connectivity index (χ1n) is 10.7. The molecule has 0 bridgehead atoms. The van der Waals surface area contributed by atoms with E-state index in [1.54, 1.807) is 0 Å². The van der Waals surface area contributed by atoms with E-state index in [1.807, 2.05) is 28.8 Å². The number of halogens is 1. The summed E-state index contributed by atoms with van der Waals surface area (Å²) in [5.41, 5.74) is 2.18. The van der Waals surface area contributed by atoms with Gasteiger partial charge >= 0.3 is 0 Å². The largest absolute Gasteiger partial charge is 0.357 e. The van der Waals surface area contributed by atoms with Crippen LogP contribution in [-0.2, 0) is 13.0 Å². The molecule has 3 aromatic heterocycles. The Balaban J connectivity index is 0.00000272. The van der Waals surface area contributed by atoms with Gasteiger partial charge in [-0.3, -0.25) is 9.39 Å². The number of guanidine groups is 1. The van der Waals surface area contributed by atoms with Crippen LogP contribution in [0.15, 0.2) is 65.9 Å². The third kappa shape index (κ3) is 5.96. The smallest absolute Gasteiger partial charge is 0.191 e. The summed E-state index contributed by atoms with van der Waals surface area (Å²) in [4.78, 5) is 4.73. The molecule has 164 valence electrons.